The molecule has 5 rings (SSSR count). The molecule has 37 heavy (non-hydrogen) atoms. The van der Waals surface area contributed by atoms with Crippen LogP contribution in [0.2, 0.25) is 0 Å². The number of thioether (sulfide) groups is 1. The zero-order valence-corrected chi connectivity index (χ0v) is 21.3. The van der Waals surface area contributed by atoms with Crippen LogP contribution in [0.25, 0.3) is 5.70 Å². The molecule has 0 aromatic heterocycles. The Hall–Kier alpha value is -4.37. The van der Waals surface area contributed by atoms with Crippen LogP contribution in [0.3, 0.4) is 0 Å². The number of ether oxygens (including phenoxy) is 1. The van der Waals surface area contributed by atoms with Crippen LogP contribution < -0.4 is 10.1 Å². The van der Waals surface area contributed by atoms with E-state index >= 15 is 0 Å². The van der Waals surface area contributed by atoms with Crippen LogP contribution in [0, 0.1) is 17.0 Å². The lowest BCUT2D eigenvalue weighted by atomic mass is 9.92. The van der Waals surface area contributed by atoms with E-state index in [-0.39, 0.29) is 11.6 Å². The Kier molecular flexibility index (Phi) is 6.54. The third-order valence-corrected chi connectivity index (χ3v) is 7.16. The molecule has 2 aliphatic heterocycles. The maximum absolute atomic E-state index is 13.7. The number of aryl methyl sites for hydroxylation is 1. The molecule has 2 heterocycles. The molecule has 0 saturated heterocycles. The first-order valence-electron chi connectivity index (χ1n) is 11.6. The summed E-state index contributed by atoms with van der Waals surface area (Å²) in [6.45, 7) is 3.81. The van der Waals surface area contributed by atoms with E-state index in [1.165, 1.54) is 23.9 Å². The first-order chi connectivity index (χ1) is 17.9. The van der Waals surface area contributed by atoms with Crippen LogP contribution in [-0.2, 0) is 4.79 Å². The van der Waals surface area contributed by atoms with E-state index in [2.05, 4.69) is 5.32 Å². The number of nitrogens with one attached hydrogen (secondary N) is 1. The van der Waals surface area contributed by atoms with Gasteiger partial charge in [0.2, 0.25) is 0 Å². The van der Waals surface area contributed by atoms with Crippen LogP contribution in [-0.4, -0.2) is 28.0 Å². The van der Waals surface area contributed by atoms with Gasteiger partial charge in [-0.05, 0) is 60.9 Å². The van der Waals surface area contributed by atoms with Crippen molar-refractivity contribution in [1.29, 1.82) is 0 Å². The molecular formula is C28H24N4O4S. The molecule has 0 fully saturated rings. The summed E-state index contributed by atoms with van der Waals surface area (Å²) in [7, 11) is 1.62. The van der Waals surface area contributed by atoms with Crippen molar-refractivity contribution in [2.45, 2.75) is 19.9 Å². The summed E-state index contributed by atoms with van der Waals surface area (Å²) < 4.78 is 5.60. The maximum Gasteiger partial charge on any atom is 0.269 e. The molecule has 3 aromatic rings. The lowest BCUT2D eigenvalue weighted by Gasteiger charge is -2.37. The monoisotopic (exact) mass is 512 g/mol. The van der Waals surface area contributed by atoms with Crippen molar-refractivity contribution >= 4 is 39.9 Å². The second-order valence-corrected chi connectivity index (χ2v) is 9.48. The third kappa shape index (κ3) is 4.61. The number of methoxy groups -OCH3 is 1. The SMILES string of the molecule is COc1cc([C@H]2C(C(=O)Nc3ccccc3)=C(C)N=C3SC=C(c4ccc([N+](=O)[O-])cc4)N32)ccc1C. The van der Waals surface area contributed by atoms with Gasteiger partial charge in [0.15, 0.2) is 5.17 Å². The molecule has 0 saturated carbocycles. The average Bonchev–Trinajstić information content (AvgIpc) is 3.32. The number of carbonyl (C=O) groups is 1. The van der Waals surface area contributed by atoms with Crippen LogP contribution in [0.15, 0.2) is 94.5 Å². The van der Waals surface area contributed by atoms with Gasteiger partial charge in [0.25, 0.3) is 11.6 Å². The molecule has 0 radical (unpaired) electrons. The van der Waals surface area contributed by atoms with Crippen molar-refractivity contribution in [3.63, 3.8) is 0 Å². The van der Waals surface area contributed by atoms with Crippen molar-refractivity contribution in [2.75, 3.05) is 12.4 Å². The van der Waals surface area contributed by atoms with E-state index in [9.17, 15) is 14.9 Å². The number of amidine groups is 1. The largest absolute Gasteiger partial charge is 0.496 e. The molecule has 1 amide bonds. The second-order valence-electron chi connectivity index (χ2n) is 8.64. The molecule has 0 aliphatic carbocycles. The van der Waals surface area contributed by atoms with Gasteiger partial charge in [-0.1, -0.05) is 42.1 Å². The van der Waals surface area contributed by atoms with Gasteiger partial charge in [-0.3, -0.25) is 14.9 Å². The highest BCUT2D eigenvalue weighted by molar-refractivity contribution is 8.16. The first kappa shape index (κ1) is 24.3. The Morgan fingerprint density at radius 3 is 2.49 bits per heavy atom. The van der Waals surface area contributed by atoms with Crippen LogP contribution in [0.4, 0.5) is 11.4 Å². The molecule has 1 atom stereocenters. The van der Waals surface area contributed by atoms with Crippen LogP contribution in [0.5, 0.6) is 5.75 Å². The smallest absolute Gasteiger partial charge is 0.269 e. The number of benzene rings is 3. The number of non-ortho nitro benzene ring substituents is 1. The summed E-state index contributed by atoms with van der Waals surface area (Å²) in [5.41, 5.74) is 5.27. The highest BCUT2D eigenvalue weighted by Gasteiger charge is 2.40. The average molecular weight is 513 g/mol. The second kappa shape index (κ2) is 9.94. The molecule has 0 spiro atoms. The predicted molar refractivity (Wildman–Crippen MR) is 146 cm³/mol. The minimum Gasteiger partial charge on any atom is -0.496 e. The third-order valence-electron chi connectivity index (χ3n) is 6.32. The van der Waals surface area contributed by atoms with Gasteiger partial charge in [0, 0.05) is 23.2 Å². The summed E-state index contributed by atoms with van der Waals surface area (Å²) in [5, 5.41) is 16.9. The lowest BCUT2D eigenvalue weighted by Crippen LogP contribution is -2.37. The summed E-state index contributed by atoms with van der Waals surface area (Å²) in [6.07, 6.45) is 0. The van der Waals surface area contributed by atoms with E-state index in [1.807, 2.05) is 72.7 Å². The summed E-state index contributed by atoms with van der Waals surface area (Å²) >= 11 is 1.46. The van der Waals surface area contributed by atoms with E-state index < -0.39 is 11.0 Å². The molecule has 2 aliphatic rings. The van der Waals surface area contributed by atoms with Gasteiger partial charge in [-0.25, -0.2) is 4.99 Å². The van der Waals surface area contributed by atoms with Crippen molar-refractivity contribution < 1.29 is 14.5 Å². The van der Waals surface area contributed by atoms with E-state index in [0.29, 0.717) is 17.0 Å². The molecular weight excluding hydrogens is 488 g/mol. The Morgan fingerprint density at radius 1 is 1.08 bits per heavy atom. The fourth-order valence-electron chi connectivity index (χ4n) is 4.48. The number of nitro benzene ring substituents is 1. The number of rotatable bonds is 6. The van der Waals surface area contributed by atoms with Crippen molar-refractivity contribution in [3.8, 4) is 5.75 Å². The Balaban J connectivity index is 1.62. The van der Waals surface area contributed by atoms with Gasteiger partial charge < -0.3 is 15.0 Å². The van der Waals surface area contributed by atoms with E-state index in [4.69, 9.17) is 9.73 Å². The molecule has 0 bridgehead atoms. The Labute approximate surface area is 218 Å². The lowest BCUT2D eigenvalue weighted by molar-refractivity contribution is -0.384. The molecule has 0 unspecified atom stereocenters. The van der Waals surface area contributed by atoms with Crippen molar-refractivity contribution in [3.05, 3.63) is 116 Å². The highest BCUT2D eigenvalue weighted by Crippen LogP contribution is 2.47. The van der Waals surface area contributed by atoms with Crippen LogP contribution in [0.1, 0.15) is 29.7 Å². The number of para-hydroxylation sites is 1. The summed E-state index contributed by atoms with van der Waals surface area (Å²) in [4.78, 5) is 31.3. The summed E-state index contributed by atoms with van der Waals surface area (Å²) in [5.74, 6) is 0.464. The number of nitrogens with zero attached hydrogens (tertiary/aromatic N) is 3. The van der Waals surface area contributed by atoms with Gasteiger partial charge in [0.1, 0.15) is 5.75 Å². The minimum absolute atomic E-state index is 0.0148. The van der Waals surface area contributed by atoms with E-state index in [0.717, 1.165) is 33.3 Å². The topological polar surface area (TPSA) is 97.1 Å². The zero-order chi connectivity index (χ0) is 26.1. The quantitative estimate of drug-likeness (QED) is 0.308. The van der Waals surface area contributed by atoms with Gasteiger partial charge in [-0.2, -0.15) is 0 Å². The maximum atomic E-state index is 13.7. The van der Waals surface area contributed by atoms with E-state index in [1.54, 1.807) is 19.2 Å². The number of amides is 1. The number of allylic oxidation sites excluding steroid dienone is 1. The molecule has 9 heteroatoms. The summed E-state index contributed by atoms with van der Waals surface area (Å²) in [6, 6.07) is 21.1. The van der Waals surface area contributed by atoms with Crippen molar-refractivity contribution in [1.82, 2.24) is 4.90 Å². The molecule has 8 nitrogen and oxygen atoms in total. The number of hydrogen-bond acceptors (Lipinski definition) is 7. The molecule has 3 aromatic carbocycles. The Morgan fingerprint density at radius 2 is 1.81 bits per heavy atom. The standard InChI is InChI=1S/C28H24N4O4S/c1-17-9-10-20(15-24(17)36-3)26-25(27(33)30-21-7-5-4-6-8-21)18(2)29-28-31(26)23(16-37-28)19-11-13-22(14-12-19)32(34)35/h4-16,26H,1-3H3,(H,30,33)/t26-/m0/s1. The number of aliphatic imine (C=N–C) groups is 1. The first-order valence-corrected chi connectivity index (χ1v) is 12.5. The Bertz CT molecular complexity index is 1480. The molecule has 186 valence electrons. The number of carbonyl (C=O) groups excluding carboxylic acids is 1. The van der Waals surface area contributed by atoms with Gasteiger partial charge >= 0.3 is 0 Å². The number of hydrogen-bond donors (Lipinski definition) is 1. The highest BCUT2D eigenvalue weighted by atomic mass is 32.2. The predicted octanol–water partition coefficient (Wildman–Crippen LogP) is 6.28. The fraction of sp³-hybridized carbons (Fsp3) is 0.143. The number of anilines is 1. The normalized spacial score (nSPS) is 16.6. The fourth-order valence-corrected chi connectivity index (χ4v) is 5.45. The van der Waals surface area contributed by atoms with Crippen LogP contribution >= 0.6 is 11.8 Å². The number of nitro groups is 1. The number of fused-ring (bicyclic) bond motifs is 1. The minimum atomic E-state index is -0.498. The van der Waals surface area contributed by atoms with Crippen molar-refractivity contribution in [2.24, 2.45) is 4.99 Å². The molecule has 1 N–H and O–H groups in total. The van der Waals surface area contributed by atoms with Gasteiger partial charge in [0.05, 0.1) is 35.0 Å². The zero-order valence-electron chi connectivity index (χ0n) is 20.5. The van der Waals surface area contributed by atoms with Gasteiger partial charge in [-0.15, -0.1) is 0 Å².